The molecule has 0 aliphatic rings. The van der Waals surface area contributed by atoms with Crippen LogP contribution in [0.5, 0.6) is 0 Å². The lowest BCUT2D eigenvalue weighted by atomic mass is 10.1. The molecule has 0 bridgehead atoms. The van der Waals surface area contributed by atoms with Crippen LogP contribution in [0.3, 0.4) is 0 Å². The highest BCUT2D eigenvalue weighted by atomic mass is 79.9. The fourth-order valence-electron chi connectivity index (χ4n) is 1.36. The van der Waals surface area contributed by atoms with Crippen molar-refractivity contribution in [3.63, 3.8) is 0 Å². The van der Waals surface area contributed by atoms with E-state index in [4.69, 9.17) is 0 Å². The van der Waals surface area contributed by atoms with Crippen LogP contribution < -0.4 is 0 Å². The van der Waals surface area contributed by atoms with Crippen molar-refractivity contribution in [3.05, 3.63) is 29.3 Å². The lowest BCUT2D eigenvalue weighted by Gasteiger charge is -2.15. The third kappa shape index (κ3) is 4.45. The summed E-state index contributed by atoms with van der Waals surface area (Å²) in [4.78, 5) is 10.3. The van der Waals surface area contributed by atoms with E-state index in [1.807, 2.05) is 0 Å². The van der Waals surface area contributed by atoms with Crippen molar-refractivity contribution in [2.75, 3.05) is 0 Å². The third-order valence-corrected chi connectivity index (χ3v) is 3.43. The summed E-state index contributed by atoms with van der Waals surface area (Å²) >= 11 is 2.23. The number of thioether (sulfide) groups is 1. The molecule has 0 amide bonds. The van der Waals surface area contributed by atoms with Gasteiger partial charge in [0, 0.05) is 16.0 Å². The molecular formula is C11H8BrF5OS. The highest BCUT2D eigenvalue weighted by Crippen LogP contribution is 2.43. The zero-order chi connectivity index (χ0) is 14.8. The van der Waals surface area contributed by atoms with Gasteiger partial charge in [-0.1, -0.05) is 34.1 Å². The molecule has 0 spiro atoms. The first-order valence-electron chi connectivity index (χ1n) is 4.98. The molecule has 0 aliphatic carbocycles. The van der Waals surface area contributed by atoms with Gasteiger partial charge in [-0.3, -0.25) is 4.79 Å². The number of benzene rings is 1. The van der Waals surface area contributed by atoms with Crippen molar-refractivity contribution in [3.8, 4) is 0 Å². The third-order valence-electron chi connectivity index (χ3n) is 2.13. The van der Waals surface area contributed by atoms with E-state index in [2.05, 4.69) is 15.9 Å². The highest BCUT2D eigenvalue weighted by molar-refractivity contribution is 9.10. The van der Waals surface area contributed by atoms with Gasteiger partial charge in [-0.15, -0.1) is 0 Å². The van der Waals surface area contributed by atoms with Crippen molar-refractivity contribution in [2.45, 2.75) is 28.6 Å². The molecule has 1 nitrogen and oxygen atoms in total. The van der Waals surface area contributed by atoms with Crippen LogP contribution in [0.4, 0.5) is 22.0 Å². The number of alkyl halides is 6. The normalized spacial score (nSPS) is 13.7. The molecule has 8 heteroatoms. The molecule has 0 aliphatic heterocycles. The molecular weight excluding hydrogens is 355 g/mol. The fraction of sp³-hybridized carbons (Fsp3) is 0.364. The van der Waals surface area contributed by atoms with Crippen LogP contribution in [-0.4, -0.2) is 16.1 Å². The van der Waals surface area contributed by atoms with Gasteiger partial charge in [0.15, 0.2) is 5.78 Å². The second kappa shape index (κ2) is 6.21. The minimum atomic E-state index is -4.74. The average Bonchev–Trinajstić information content (AvgIpc) is 2.25. The molecule has 1 rings (SSSR count). The van der Waals surface area contributed by atoms with E-state index in [0.717, 1.165) is 18.2 Å². The van der Waals surface area contributed by atoms with Crippen LogP contribution in [0.25, 0.3) is 0 Å². The molecule has 1 unspecified atom stereocenters. The molecule has 0 N–H and O–H groups in total. The molecule has 0 saturated heterocycles. The lowest BCUT2D eigenvalue weighted by Crippen LogP contribution is -2.14. The number of halogens is 6. The predicted molar refractivity (Wildman–Crippen MR) is 66.0 cm³/mol. The molecule has 19 heavy (non-hydrogen) atoms. The number of rotatable bonds is 4. The molecule has 1 atom stereocenters. The van der Waals surface area contributed by atoms with E-state index in [1.54, 1.807) is 0 Å². The highest BCUT2D eigenvalue weighted by Gasteiger charge is 2.34. The van der Waals surface area contributed by atoms with Crippen LogP contribution in [0.2, 0.25) is 0 Å². The number of carbonyl (C=O) groups is 1. The monoisotopic (exact) mass is 362 g/mol. The van der Waals surface area contributed by atoms with Crippen LogP contribution >= 0.6 is 27.7 Å². The first-order chi connectivity index (χ1) is 8.63. The second-order valence-electron chi connectivity index (χ2n) is 3.55. The second-order valence-corrected chi connectivity index (χ2v) is 6.00. The summed E-state index contributed by atoms with van der Waals surface area (Å²) in [5.41, 5.74) is -5.89. The topological polar surface area (TPSA) is 17.1 Å². The first-order valence-corrected chi connectivity index (χ1v) is 6.71. The smallest absolute Gasteiger partial charge is 0.293 e. The number of carbonyl (C=O) groups excluding carboxylic acids is 1. The molecule has 0 saturated carbocycles. The number of hydrogen-bond donors (Lipinski definition) is 0. The van der Waals surface area contributed by atoms with Gasteiger partial charge in [-0.25, -0.2) is 8.78 Å². The summed E-state index contributed by atoms with van der Waals surface area (Å²) in [6.45, 7) is 1.42. The van der Waals surface area contributed by atoms with Crippen molar-refractivity contribution < 1.29 is 26.7 Å². The summed E-state index contributed by atoms with van der Waals surface area (Å²) in [7, 11) is 0. The summed E-state index contributed by atoms with van der Waals surface area (Å²) in [6.07, 6.45) is -3.08. The van der Waals surface area contributed by atoms with Gasteiger partial charge in [0.05, 0.1) is 4.83 Å². The Balaban J connectivity index is 3.38. The van der Waals surface area contributed by atoms with Crippen molar-refractivity contribution in [1.82, 2.24) is 0 Å². The minimum absolute atomic E-state index is 0.357. The Morgan fingerprint density at radius 2 is 1.89 bits per heavy atom. The largest absolute Gasteiger partial charge is 0.446 e. The van der Waals surface area contributed by atoms with Gasteiger partial charge in [0.1, 0.15) is 0 Å². The number of hydrogen-bond acceptors (Lipinski definition) is 2. The minimum Gasteiger partial charge on any atom is -0.293 e. The lowest BCUT2D eigenvalue weighted by molar-refractivity contribution is -0.0329. The van der Waals surface area contributed by atoms with Crippen LogP contribution in [-0.2, 0) is 0 Å². The molecule has 106 valence electrons. The van der Waals surface area contributed by atoms with Crippen molar-refractivity contribution >= 4 is 33.5 Å². The Kier molecular flexibility index (Phi) is 5.37. The SMILES string of the molecule is CC(Br)C(=O)c1cccc(C(F)F)c1SC(F)(F)F. The van der Waals surface area contributed by atoms with Crippen molar-refractivity contribution in [2.24, 2.45) is 0 Å². The van der Waals surface area contributed by atoms with Gasteiger partial charge in [0.25, 0.3) is 6.43 Å². The summed E-state index contributed by atoms with van der Waals surface area (Å²) in [6, 6.07) is 3.14. The van der Waals surface area contributed by atoms with Gasteiger partial charge >= 0.3 is 5.51 Å². The quantitative estimate of drug-likeness (QED) is 0.317. The Hall–Kier alpha value is -0.630. The summed E-state index contributed by atoms with van der Waals surface area (Å²) in [5, 5.41) is 0. The number of Topliss-reactive ketones (excluding diaryl/α,β-unsaturated/α-hetero) is 1. The van der Waals surface area contributed by atoms with E-state index in [9.17, 15) is 26.7 Å². The van der Waals surface area contributed by atoms with E-state index < -0.39 is 44.8 Å². The first kappa shape index (κ1) is 16.4. The fourth-order valence-corrected chi connectivity index (χ4v) is 2.40. The molecule has 0 aromatic heterocycles. The molecule has 1 aromatic carbocycles. The Labute approximate surface area is 118 Å². The maximum atomic E-state index is 12.7. The van der Waals surface area contributed by atoms with Crippen LogP contribution in [0.15, 0.2) is 23.1 Å². The van der Waals surface area contributed by atoms with Gasteiger partial charge in [-0.2, -0.15) is 13.2 Å². The molecule has 0 radical (unpaired) electrons. The van der Waals surface area contributed by atoms with E-state index in [1.165, 1.54) is 6.92 Å². The van der Waals surface area contributed by atoms with E-state index in [0.29, 0.717) is 0 Å². The average molecular weight is 363 g/mol. The maximum absolute atomic E-state index is 12.7. The Bertz CT molecular complexity index is 473. The zero-order valence-electron chi connectivity index (χ0n) is 9.47. The predicted octanol–water partition coefficient (Wildman–Crippen LogP) is 5.20. The Morgan fingerprint density at radius 1 is 1.32 bits per heavy atom. The number of ketones is 1. The summed E-state index contributed by atoms with van der Waals surface area (Å²) in [5.74, 6) is -0.672. The van der Waals surface area contributed by atoms with Gasteiger partial charge in [-0.05, 0) is 18.7 Å². The maximum Gasteiger partial charge on any atom is 0.446 e. The molecule has 1 aromatic rings. The van der Waals surface area contributed by atoms with Crippen LogP contribution in [0.1, 0.15) is 29.3 Å². The van der Waals surface area contributed by atoms with Crippen molar-refractivity contribution in [1.29, 1.82) is 0 Å². The van der Waals surface area contributed by atoms with Gasteiger partial charge in [0.2, 0.25) is 0 Å². The summed E-state index contributed by atoms with van der Waals surface area (Å²) < 4.78 is 62.8. The van der Waals surface area contributed by atoms with Gasteiger partial charge < -0.3 is 0 Å². The standard InChI is InChI=1S/C11H8BrF5OS/c1-5(12)8(18)6-3-2-4-7(10(13)14)9(6)19-11(15,16)17/h2-5,10H,1H3. The zero-order valence-corrected chi connectivity index (χ0v) is 11.9. The van der Waals surface area contributed by atoms with Crippen LogP contribution in [0, 0.1) is 0 Å². The Morgan fingerprint density at radius 3 is 2.32 bits per heavy atom. The van der Waals surface area contributed by atoms with E-state index >= 15 is 0 Å². The molecule has 0 fully saturated rings. The van der Waals surface area contributed by atoms with E-state index in [-0.39, 0.29) is 5.56 Å². The molecule has 0 heterocycles.